The SMILES string of the molecule is CN(C)c1ccc(NC(=O)CN2C(=O)N[C@]3(CCCc4sccc43)C2=O)cc1. The van der Waals surface area contributed by atoms with Crippen molar-refractivity contribution in [3.05, 3.63) is 46.2 Å². The van der Waals surface area contributed by atoms with Crippen molar-refractivity contribution in [3.63, 3.8) is 0 Å². The van der Waals surface area contributed by atoms with Gasteiger partial charge in [-0.15, -0.1) is 11.3 Å². The molecule has 1 atom stereocenters. The molecule has 0 saturated carbocycles. The van der Waals surface area contributed by atoms with Gasteiger partial charge in [0.15, 0.2) is 0 Å². The number of amides is 4. The van der Waals surface area contributed by atoms with Gasteiger partial charge in [0.1, 0.15) is 12.1 Å². The third kappa shape index (κ3) is 3.03. The number of hydrogen-bond acceptors (Lipinski definition) is 5. The van der Waals surface area contributed by atoms with Crippen LogP contribution in [-0.2, 0) is 21.5 Å². The van der Waals surface area contributed by atoms with E-state index in [9.17, 15) is 14.4 Å². The average molecular weight is 398 g/mol. The van der Waals surface area contributed by atoms with Crippen molar-refractivity contribution in [2.24, 2.45) is 0 Å². The van der Waals surface area contributed by atoms with Crippen LogP contribution in [-0.4, -0.2) is 43.4 Å². The molecule has 1 spiro atoms. The number of urea groups is 1. The molecule has 2 aromatic rings. The molecule has 1 aromatic carbocycles. The Morgan fingerprint density at radius 2 is 2.00 bits per heavy atom. The summed E-state index contributed by atoms with van der Waals surface area (Å²) in [4.78, 5) is 42.2. The highest BCUT2D eigenvalue weighted by atomic mass is 32.1. The van der Waals surface area contributed by atoms with Crippen molar-refractivity contribution in [2.75, 3.05) is 30.9 Å². The number of carbonyl (C=O) groups excluding carboxylic acids is 3. The standard InChI is InChI=1S/C20H22N4O3S/c1-23(2)14-7-5-13(6-8-14)21-17(25)12-24-18(26)20(22-19(24)27)10-3-4-16-15(20)9-11-28-16/h5-9,11H,3-4,10,12H2,1-2H3,(H,21,25)(H,22,27)/t20-/m0/s1. The largest absolute Gasteiger partial charge is 0.378 e. The molecule has 4 amide bonds. The van der Waals surface area contributed by atoms with Gasteiger partial charge in [-0.25, -0.2) is 4.79 Å². The minimum Gasteiger partial charge on any atom is -0.378 e. The maximum Gasteiger partial charge on any atom is 0.325 e. The van der Waals surface area contributed by atoms with E-state index in [-0.39, 0.29) is 12.5 Å². The summed E-state index contributed by atoms with van der Waals surface area (Å²) in [6, 6.07) is 8.75. The molecule has 1 saturated heterocycles. The Morgan fingerprint density at radius 3 is 2.71 bits per heavy atom. The number of imide groups is 1. The third-order valence-electron chi connectivity index (χ3n) is 5.31. The summed E-state index contributed by atoms with van der Waals surface area (Å²) in [5.74, 6) is -0.741. The molecule has 146 valence electrons. The van der Waals surface area contributed by atoms with E-state index in [2.05, 4.69) is 10.6 Å². The monoisotopic (exact) mass is 398 g/mol. The van der Waals surface area contributed by atoms with E-state index in [0.717, 1.165) is 33.9 Å². The third-order valence-corrected chi connectivity index (χ3v) is 6.29. The lowest BCUT2D eigenvalue weighted by atomic mass is 9.80. The minimum atomic E-state index is -1.02. The van der Waals surface area contributed by atoms with Gasteiger partial charge in [-0.05, 0) is 55.0 Å². The van der Waals surface area contributed by atoms with Crippen LogP contribution >= 0.6 is 11.3 Å². The van der Waals surface area contributed by atoms with Gasteiger partial charge in [0.25, 0.3) is 5.91 Å². The normalized spacial score (nSPS) is 20.9. The van der Waals surface area contributed by atoms with Crippen molar-refractivity contribution in [2.45, 2.75) is 24.8 Å². The fourth-order valence-corrected chi connectivity index (χ4v) is 4.87. The lowest BCUT2D eigenvalue weighted by Crippen LogP contribution is -2.46. The molecular formula is C20H22N4O3S. The highest BCUT2D eigenvalue weighted by molar-refractivity contribution is 7.10. The summed E-state index contributed by atoms with van der Waals surface area (Å²) in [7, 11) is 3.87. The summed E-state index contributed by atoms with van der Waals surface area (Å²) in [5.41, 5.74) is 1.50. The van der Waals surface area contributed by atoms with E-state index in [1.54, 1.807) is 23.5 Å². The van der Waals surface area contributed by atoms with Gasteiger partial charge in [-0.3, -0.25) is 14.5 Å². The van der Waals surface area contributed by atoms with Crippen molar-refractivity contribution in [1.29, 1.82) is 0 Å². The maximum absolute atomic E-state index is 13.1. The zero-order valence-electron chi connectivity index (χ0n) is 15.8. The van der Waals surface area contributed by atoms with Gasteiger partial charge in [0.05, 0.1) is 0 Å². The second kappa shape index (κ2) is 6.94. The van der Waals surface area contributed by atoms with Crippen LogP contribution in [0.1, 0.15) is 23.3 Å². The average Bonchev–Trinajstić information content (AvgIpc) is 3.23. The minimum absolute atomic E-state index is 0.304. The van der Waals surface area contributed by atoms with Crippen LogP contribution in [0.25, 0.3) is 0 Å². The number of carbonyl (C=O) groups is 3. The maximum atomic E-state index is 13.1. The topological polar surface area (TPSA) is 81.8 Å². The van der Waals surface area contributed by atoms with Crippen LogP contribution in [0.15, 0.2) is 35.7 Å². The van der Waals surface area contributed by atoms with Gasteiger partial charge in [-0.1, -0.05) is 0 Å². The molecule has 7 nitrogen and oxygen atoms in total. The Hall–Kier alpha value is -2.87. The Labute approximate surface area is 167 Å². The quantitative estimate of drug-likeness (QED) is 0.776. The van der Waals surface area contributed by atoms with Gasteiger partial charge >= 0.3 is 6.03 Å². The smallest absolute Gasteiger partial charge is 0.325 e. The molecule has 2 N–H and O–H groups in total. The lowest BCUT2D eigenvalue weighted by Gasteiger charge is -2.31. The first-order valence-electron chi connectivity index (χ1n) is 9.19. The Bertz CT molecular complexity index is 937. The number of anilines is 2. The van der Waals surface area contributed by atoms with Crippen LogP contribution in [0.5, 0.6) is 0 Å². The molecule has 8 heteroatoms. The molecule has 1 aromatic heterocycles. The molecule has 1 fully saturated rings. The van der Waals surface area contributed by atoms with E-state index in [4.69, 9.17) is 0 Å². The molecule has 0 unspecified atom stereocenters. The molecule has 2 aliphatic rings. The van der Waals surface area contributed by atoms with Gasteiger partial charge in [-0.2, -0.15) is 0 Å². The molecule has 2 heterocycles. The van der Waals surface area contributed by atoms with E-state index in [0.29, 0.717) is 12.1 Å². The first-order valence-corrected chi connectivity index (χ1v) is 10.1. The molecular weight excluding hydrogens is 376 g/mol. The molecule has 1 aliphatic heterocycles. The zero-order chi connectivity index (χ0) is 19.9. The second-order valence-electron chi connectivity index (χ2n) is 7.33. The zero-order valence-corrected chi connectivity index (χ0v) is 16.6. The summed E-state index contributed by atoms with van der Waals surface area (Å²) < 4.78 is 0. The van der Waals surface area contributed by atoms with Crippen LogP contribution in [0.3, 0.4) is 0 Å². The number of nitrogens with zero attached hydrogens (tertiary/aromatic N) is 2. The van der Waals surface area contributed by atoms with Crippen LogP contribution in [0, 0.1) is 0 Å². The number of fused-ring (bicyclic) bond motifs is 2. The van der Waals surface area contributed by atoms with E-state index in [1.807, 2.05) is 42.6 Å². The molecule has 28 heavy (non-hydrogen) atoms. The van der Waals surface area contributed by atoms with Crippen molar-refractivity contribution in [3.8, 4) is 0 Å². The summed E-state index contributed by atoms with van der Waals surface area (Å²) in [6.45, 7) is -0.304. The van der Waals surface area contributed by atoms with Crippen molar-refractivity contribution < 1.29 is 14.4 Å². The fourth-order valence-electron chi connectivity index (χ4n) is 3.87. The number of nitrogens with one attached hydrogen (secondary N) is 2. The predicted molar refractivity (Wildman–Crippen MR) is 109 cm³/mol. The van der Waals surface area contributed by atoms with Crippen LogP contribution in [0.4, 0.5) is 16.2 Å². The van der Waals surface area contributed by atoms with Gasteiger partial charge in [0, 0.05) is 35.9 Å². The second-order valence-corrected chi connectivity index (χ2v) is 8.33. The molecule has 0 bridgehead atoms. The highest BCUT2D eigenvalue weighted by Gasteiger charge is 2.54. The molecule has 1 aliphatic carbocycles. The predicted octanol–water partition coefficient (Wildman–Crippen LogP) is 2.54. The lowest BCUT2D eigenvalue weighted by molar-refractivity contribution is -0.134. The Balaban J connectivity index is 1.48. The van der Waals surface area contributed by atoms with E-state index < -0.39 is 17.5 Å². The van der Waals surface area contributed by atoms with Crippen LogP contribution < -0.4 is 15.5 Å². The van der Waals surface area contributed by atoms with Crippen LogP contribution in [0.2, 0.25) is 0 Å². The van der Waals surface area contributed by atoms with Gasteiger partial charge < -0.3 is 15.5 Å². The number of thiophene rings is 1. The number of rotatable bonds is 4. The summed E-state index contributed by atoms with van der Waals surface area (Å²) in [5, 5.41) is 7.56. The van der Waals surface area contributed by atoms with E-state index in [1.165, 1.54) is 0 Å². The van der Waals surface area contributed by atoms with Crippen molar-refractivity contribution in [1.82, 2.24) is 10.2 Å². The number of hydrogen-bond donors (Lipinski definition) is 2. The molecule has 0 radical (unpaired) electrons. The highest BCUT2D eigenvalue weighted by Crippen LogP contribution is 2.42. The summed E-state index contributed by atoms with van der Waals surface area (Å²) >= 11 is 1.60. The number of benzene rings is 1. The first kappa shape index (κ1) is 18.5. The fraction of sp³-hybridized carbons (Fsp3) is 0.350. The molecule has 4 rings (SSSR count). The van der Waals surface area contributed by atoms with Crippen molar-refractivity contribution >= 4 is 40.6 Å². The Morgan fingerprint density at radius 1 is 1.25 bits per heavy atom. The summed E-state index contributed by atoms with van der Waals surface area (Å²) in [6.07, 6.45) is 2.31. The van der Waals surface area contributed by atoms with Gasteiger partial charge in [0.2, 0.25) is 5.91 Å². The first-order chi connectivity index (χ1) is 13.4. The number of aryl methyl sites for hydroxylation is 1. The Kier molecular flexibility index (Phi) is 4.58. The van der Waals surface area contributed by atoms with E-state index >= 15 is 0 Å².